The van der Waals surface area contributed by atoms with E-state index in [1.54, 1.807) is 6.92 Å². The highest BCUT2D eigenvalue weighted by Crippen LogP contribution is 2.56. The number of hydrogen-bond donors (Lipinski definition) is 8. The number of phosphoric ester groups is 3. The molecule has 0 saturated carbocycles. The molecule has 33 heteroatoms. The minimum atomic E-state index is -5.95. The molecule has 0 aliphatic carbocycles. The molecule has 0 aromatic carbocycles. The maximum absolute atomic E-state index is 12.7. The number of carbonyl (C=O) groups is 3. The van der Waals surface area contributed by atoms with E-state index in [4.69, 9.17) is 19.9 Å². The van der Waals surface area contributed by atoms with Gasteiger partial charge >= 0.3 is 0 Å². The molecule has 2 unspecified atom stereocenters. The van der Waals surface area contributed by atoms with E-state index < -0.39 is 115 Å². The van der Waals surface area contributed by atoms with Crippen molar-refractivity contribution in [2.24, 2.45) is 5.41 Å². The second-order valence-electron chi connectivity index (χ2n) is 17.4. The van der Waals surface area contributed by atoms with Crippen molar-refractivity contribution in [2.75, 3.05) is 44.4 Å². The Hall–Kier alpha value is -2.64. The fraction of sp³-hybridized carbons (Fsp3) is 0.789. The summed E-state index contributed by atoms with van der Waals surface area (Å²) in [5.74, 6) is -1.43. The summed E-state index contributed by atoms with van der Waals surface area (Å²) in [7, 11) is -17.7. The van der Waals surface area contributed by atoms with Crippen LogP contribution in [0.2, 0.25) is 0 Å². The minimum absolute atomic E-state index is 0.0318. The second kappa shape index (κ2) is 27.8. The van der Waals surface area contributed by atoms with Crippen LogP contribution in [0.25, 0.3) is 11.2 Å². The van der Waals surface area contributed by atoms with Gasteiger partial charge < -0.3 is 93.8 Å². The summed E-state index contributed by atoms with van der Waals surface area (Å²) in [6, 6.07) is 0. The van der Waals surface area contributed by atoms with Crippen LogP contribution in [0.15, 0.2) is 12.7 Å². The van der Waals surface area contributed by atoms with Crippen molar-refractivity contribution >= 4 is 69.1 Å². The van der Waals surface area contributed by atoms with Crippen LogP contribution >= 0.6 is 35.2 Å². The zero-order chi connectivity index (χ0) is 52.7. The van der Waals surface area contributed by atoms with Gasteiger partial charge in [0, 0.05) is 50.1 Å². The second-order valence-corrected chi connectivity index (χ2v) is 22.6. The molecule has 4 rings (SSSR count). The molecule has 0 radical (unpaired) electrons. The van der Waals surface area contributed by atoms with Crippen molar-refractivity contribution in [3.05, 3.63) is 12.7 Å². The van der Waals surface area contributed by atoms with Gasteiger partial charge in [0.15, 0.2) is 29.1 Å². The number of nitrogen functional groups attached to an aromatic ring is 1. The van der Waals surface area contributed by atoms with Crippen LogP contribution in [0, 0.1) is 5.41 Å². The van der Waals surface area contributed by atoms with Crippen molar-refractivity contribution in [1.29, 1.82) is 0 Å². The van der Waals surface area contributed by atoms with Crippen molar-refractivity contribution < 1.29 is 105 Å². The Morgan fingerprint density at radius 3 is 2.32 bits per heavy atom. The average Bonchev–Trinajstić information content (AvgIpc) is 3.84. The number of unbranched alkanes of at least 4 members (excludes halogenated alkanes) is 5. The number of hydrogen-bond acceptors (Lipinski definition) is 27. The summed E-state index contributed by atoms with van der Waals surface area (Å²) >= 11 is 0.943. The smallest absolute Gasteiger partial charge is 0.274 e. The molecule has 29 nitrogen and oxygen atoms in total. The molecule has 2 saturated heterocycles. The van der Waals surface area contributed by atoms with Gasteiger partial charge in [-0.05, 0) is 19.8 Å². The number of nitrogens with one attached hydrogen (secondary N) is 2. The Morgan fingerprint density at radius 2 is 1.62 bits per heavy atom. The molecule has 12 atom stereocenters. The lowest BCUT2D eigenvalue weighted by atomic mass is 9.87. The van der Waals surface area contributed by atoms with Crippen LogP contribution in [0.5, 0.6) is 0 Å². The first kappa shape index (κ1) is 60.9. The van der Waals surface area contributed by atoms with Gasteiger partial charge in [0.25, 0.3) is 15.6 Å². The highest BCUT2D eigenvalue weighted by Gasteiger charge is 2.47. The zero-order valence-corrected chi connectivity index (χ0v) is 42.5. The molecule has 2 aliphatic heterocycles. The number of aromatic nitrogens is 4. The van der Waals surface area contributed by atoms with E-state index in [2.05, 4.69) is 43.5 Å². The van der Waals surface area contributed by atoms with Gasteiger partial charge in [-0.3, -0.25) is 28.1 Å². The van der Waals surface area contributed by atoms with Crippen LogP contribution in [0.1, 0.15) is 91.2 Å². The predicted molar refractivity (Wildman–Crippen MR) is 238 cm³/mol. The van der Waals surface area contributed by atoms with E-state index in [9.17, 15) is 73.2 Å². The van der Waals surface area contributed by atoms with Crippen LogP contribution in [-0.4, -0.2) is 156 Å². The Labute approximate surface area is 412 Å². The lowest BCUT2D eigenvalue weighted by Gasteiger charge is -2.36. The number of thioether (sulfide) groups is 1. The molecule has 2 aliphatic rings. The number of nitrogens with zero attached hydrogens (tertiary/aromatic N) is 4. The number of amides is 2. The summed E-state index contributed by atoms with van der Waals surface area (Å²) in [6.07, 6.45) is -5.44. The monoisotopic (exact) mass is 1090 g/mol. The lowest BCUT2D eigenvalue weighted by molar-refractivity contribution is -0.347. The Bertz CT molecular complexity index is 2190. The molecule has 2 aromatic heterocycles. The van der Waals surface area contributed by atoms with Crippen molar-refractivity contribution in [1.82, 2.24) is 30.2 Å². The number of phosphoric acid groups is 3. The number of carbonyl (C=O) groups excluding carboxylic acids is 3. The first-order valence-corrected chi connectivity index (χ1v) is 27.8. The fourth-order valence-corrected chi connectivity index (χ4v) is 10.6. The number of imidazole rings is 1. The van der Waals surface area contributed by atoms with E-state index in [0.717, 1.165) is 67.5 Å². The molecular weight excluding hydrogens is 1030 g/mol. The van der Waals surface area contributed by atoms with Crippen LogP contribution in [0.4, 0.5) is 5.82 Å². The molecule has 0 spiro atoms. The third-order valence-corrected chi connectivity index (χ3v) is 15.0. The highest BCUT2D eigenvalue weighted by molar-refractivity contribution is 8.13. The molecule has 9 N–H and O–H groups in total. The van der Waals surface area contributed by atoms with E-state index in [1.807, 2.05) is 0 Å². The molecular formula is C38H62N7O22P3S-4. The molecule has 2 fully saturated rings. The molecule has 2 aromatic rings. The molecule has 406 valence electrons. The summed E-state index contributed by atoms with van der Waals surface area (Å²) in [6.45, 7) is 2.04. The number of ether oxygens (including phenoxy) is 3. The van der Waals surface area contributed by atoms with E-state index in [1.165, 1.54) is 13.8 Å². The van der Waals surface area contributed by atoms with Gasteiger partial charge in [0.1, 0.15) is 42.4 Å². The fourth-order valence-electron chi connectivity index (χ4n) is 7.11. The van der Waals surface area contributed by atoms with E-state index in [-0.39, 0.29) is 60.2 Å². The number of anilines is 1. The summed E-state index contributed by atoms with van der Waals surface area (Å²) in [4.78, 5) is 97.0. The molecule has 0 bridgehead atoms. The first-order chi connectivity index (χ1) is 33.2. The van der Waals surface area contributed by atoms with Crippen molar-refractivity contribution in [3.63, 3.8) is 0 Å². The topological polar surface area (TPSA) is 454 Å². The maximum atomic E-state index is 12.7. The average molecular weight is 1090 g/mol. The van der Waals surface area contributed by atoms with E-state index in [0.29, 0.717) is 13.0 Å². The highest BCUT2D eigenvalue weighted by atomic mass is 32.2. The summed E-state index contributed by atoms with van der Waals surface area (Å²) < 4.78 is 71.9. The number of fused-ring (bicyclic) bond motifs is 1. The van der Waals surface area contributed by atoms with Gasteiger partial charge in [0.05, 0.1) is 45.7 Å². The molecule has 4 heterocycles. The largest absolute Gasteiger partial charge is 0.790 e. The third kappa shape index (κ3) is 20.2. The van der Waals surface area contributed by atoms with Crippen LogP contribution in [0.3, 0.4) is 0 Å². The van der Waals surface area contributed by atoms with Gasteiger partial charge in [0.2, 0.25) is 11.8 Å². The number of aliphatic hydroxyl groups excluding tert-OH is 5. The van der Waals surface area contributed by atoms with E-state index >= 15 is 0 Å². The van der Waals surface area contributed by atoms with Gasteiger partial charge in [-0.25, -0.2) is 19.3 Å². The number of nitrogens with two attached hydrogens (primary N) is 1. The van der Waals surface area contributed by atoms with Gasteiger partial charge in [-0.1, -0.05) is 57.7 Å². The Kier molecular flexibility index (Phi) is 23.8. The standard InChI is InChI=1S/C38H66N7O22P3S/c1-22-24(47)17-25(48)37(64-22)61-14-9-7-5-4-6-8-10-23(46)16-28(50)71-15-13-40-27(49)11-12-41-35(53)32(52)38(2,3)19-63-70(59,60)67-69(57,58)62-18-26-31(66-68(54,55)56)30(51)36(65-26)45-21-44-29-33(39)42-20-43-34(29)45/h20-26,30-32,36-37,46-48,51-52H,4-19H2,1-3H3,(H,40,49)(H,41,53)(H,57,58)(H,59,60)(H2,39,42,43)(H2,54,55,56)/p-4/t22-,23+,24+,25+,26+,30+,31+,32-,36+,37+/m0/s1. The van der Waals surface area contributed by atoms with Crippen LogP contribution in [-0.2, 0) is 60.2 Å². The van der Waals surface area contributed by atoms with Crippen LogP contribution < -0.4 is 35.9 Å². The summed E-state index contributed by atoms with van der Waals surface area (Å²) in [5.41, 5.74) is 4.02. The quantitative estimate of drug-likeness (QED) is 0.0286. The zero-order valence-electron chi connectivity index (χ0n) is 39.0. The SMILES string of the molecule is C[C@@H]1O[C@@H](OCCCCCCCC[C@@H](O)CC(=O)SCCNC(=O)CCNC(=O)[C@H](O)C(C)(C)COP(=O)([O-])OP(=O)([O-])OC[C@H]2O[C@@H](n3cnc4c(N)ncnc43)[C@H](O)[C@@H]2OP(=O)([O-])[O-])[C@H](O)C[C@H]1O. The predicted octanol–water partition coefficient (Wildman–Crippen LogP) is -2.51. The Balaban J connectivity index is 1.06. The van der Waals surface area contributed by atoms with Gasteiger partial charge in [-0.2, -0.15) is 0 Å². The van der Waals surface area contributed by atoms with Crippen molar-refractivity contribution in [2.45, 2.75) is 146 Å². The Morgan fingerprint density at radius 1 is 0.944 bits per heavy atom. The molecule has 2 amide bonds. The normalized spacial score (nSPS) is 25.6. The maximum Gasteiger partial charge on any atom is 0.274 e. The van der Waals surface area contributed by atoms with Gasteiger partial charge in [-0.15, -0.1) is 0 Å². The lowest BCUT2D eigenvalue weighted by Crippen LogP contribution is -2.47. The summed E-state index contributed by atoms with van der Waals surface area (Å²) in [5, 5.41) is 56.1. The third-order valence-electron chi connectivity index (χ3n) is 11.0. The molecule has 71 heavy (non-hydrogen) atoms. The number of rotatable bonds is 31. The minimum Gasteiger partial charge on any atom is -0.790 e. The first-order valence-electron chi connectivity index (χ1n) is 22.5. The number of aliphatic hydroxyl groups is 5. The van der Waals surface area contributed by atoms with Crippen molar-refractivity contribution in [3.8, 4) is 0 Å².